The summed E-state index contributed by atoms with van der Waals surface area (Å²) in [4.78, 5) is 10.6. The van der Waals surface area contributed by atoms with Gasteiger partial charge in [0, 0.05) is 0 Å². The van der Waals surface area contributed by atoms with Crippen molar-refractivity contribution in [1.82, 2.24) is 6.15 Å². The molecule has 6 N–H and O–H groups in total. The Balaban J connectivity index is 0.00000144. The first-order chi connectivity index (χ1) is 5.68. The summed E-state index contributed by atoms with van der Waals surface area (Å²) in [7, 11) is 0. The van der Waals surface area contributed by atoms with Crippen LogP contribution in [0, 0.1) is 5.41 Å². The SMILES string of the molecule is N.NCC1(CC(=O)O)CCCCC1. The first kappa shape index (κ1) is 12.4. The molecule has 1 aliphatic carbocycles. The van der Waals surface area contributed by atoms with Crippen LogP contribution in [0.5, 0.6) is 0 Å². The number of carbonyl (C=O) groups is 1. The maximum atomic E-state index is 10.6. The molecule has 0 radical (unpaired) electrons. The molecule has 0 aromatic heterocycles. The van der Waals surface area contributed by atoms with Gasteiger partial charge in [-0.25, -0.2) is 0 Å². The van der Waals surface area contributed by atoms with Crippen molar-refractivity contribution < 1.29 is 9.90 Å². The van der Waals surface area contributed by atoms with Crippen molar-refractivity contribution in [2.45, 2.75) is 38.5 Å². The molecule has 1 aliphatic rings. The summed E-state index contributed by atoms with van der Waals surface area (Å²) in [6.07, 6.45) is 5.77. The van der Waals surface area contributed by atoms with Crippen molar-refractivity contribution in [3.05, 3.63) is 0 Å². The number of aliphatic carboxylic acids is 1. The summed E-state index contributed by atoms with van der Waals surface area (Å²) in [5, 5.41) is 8.71. The summed E-state index contributed by atoms with van der Waals surface area (Å²) in [6.45, 7) is 0.527. The molecule has 0 atom stereocenters. The topological polar surface area (TPSA) is 98.3 Å². The molecule has 0 saturated heterocycles. The predicted octanol–water partition coefficient (Wildman–Crippen LogP) is 1.53. The molecule has 1 saturated carbocycles. The first-order valence-corrected chi connectivity index (χ1v) is 4.60. The van der Waals surface area contributed by atoms with Gasteiger partial charge in [0.1, 0.15) is 0 Å². The van der Waals surface area contributed by atoms with E-state index in [2.05, 4.69) is 0 Å². The van der Waals surface area contributed by atoms with Gasteiger partial charge in [0.25, 0.3) is 0 Å². The Kier molecular flexibility index (Phi) is 4.95. The normalized spacial score (nSPS) is 20.4. The van der Waals surface area contributed by atoms with Crippen molar-refractivity contribution in [3.63, 3.8) is 0 Å². The predicted molar refractivity (Wildman–Crippen MR) is 51.8 cm³/mol. The molecule has 4 nitrogen and oxygen atoms in total. The zero-order valence-electron chi connectivity index (χ0n) is 8.09. The summed E-state index contributed by atoms with van der Waals surface area (Å²) < 4.78 is 0. The molecule has 0 aromatic carbocycles. The van der Waals surface area contributed by atoms with Crippen LogP contribution in [0.25, 0.3) is 0 Å². The van der Waals surface area contributed by atoms with Gasteiger partial charge in [-0.2, -0.15) is 0 Å². The molecular weight excluding hydrogens is 168 g/mol. The molecule has 0 aromatic rings. The van der Waals surface area contributed by atoms with Crippen LogP contribution in [0.2, 0.25) is 0 Å². The Morgan fingerprint density at radius 3 is 2.23 bits per heavy atom. The molecule has 1 rings (SSSR count). The minimum absolute atomic E-state index is 0. The van der Waals surface area contributed by atoms with Gasteiger partial charge >= 0.3 is 5.97 Å². The van der Waals surface area contributed by atoms with E-state index in [1.54, 1.807) is 0 Å². The van der Waals surface area contributed by atoms with Crippen molar-refractivity contribution in [2.75, 3.05) is 6.54 Å². The Hall–Kier alpha value is -0.610. The minimum atomic E-state index is -0.706. The lowest BCUT2D eigenvalue weighted by atomic mass is 9.72. The van der Waals surface area contributed by atoms with Gasteiger partial charge in [0.2, 0.25) is 0 Å². The maximum Gasteiger partial charge on any atom is 0.303 e. The molecular formula is C9H20N2O2. The van der Waals surface area contributed by atoms with Gasteiger partial charge in [-0.1, -0.05) is 19.3 Å². The summed E-state index contributed by atoms with van der Waals surface area (Å²) in [5.74, 6) is -0.706. The van der Waals surface area contributed by atoms with E-state index in [9.17, 15) is 4.79 Å². The van der Waals surface area contributed by atoms with E-state index >= 15 is 0 Å². The van der Waals surface area contributed by atoms with Crippen molar-refractivity contribution >= 4 is 5.97 Å². The van der Waals surface area contributed by atoms with E-state index in [1.807, 2.05) is 0 Å². The number of carboxylic acid groups (broad SMARTS) is 1. The zero-order valence-corrected chi connectivity index (χ0v) is 8.09. The van der Waals surface area contributed by atoms with E-state index in [-0.39, 0.29) is 18.0 Å². The molecule has 0 aliphatic heterocycles. The lowest BCUT2D eigenvalue weighted by Crippen LogP contribution is -2.34. The Morgan fingerprint density at radius 1 is 1.31 bits per heavy atom. The largest absolute Gasteiger partial charge is 0.481 e. The highest BCUT2D eigenvalue weighted by Gasteiger charge is 2.32. The smallest absolute Gasteiger partial charge is 0.303 e. The summed E-state index contributed by atoms with van der Waals surface area (Å²) >= 11 is 0. The Morgan fingerprint density at radius 2 is 1.85 bits per heavy atom. The fourth-order valence-corrected chi connectivity index (χ4v) is 2.08. The fraction of sp³-hybridized carbons (Fsp3) is 0.889. The van der Waals surface area contributed by atoms with E-state index in [0.717, 1.165) is 25.7 Å². The van der Waals surface area contributed by atoms with Crippen molar-refractivity contribution in [3.8, 4) is 0 Å². The van der Waals surface area contributed by atoms with E-state index in [0.29, 0.717) is 6.54 Å². The second-order valence-electron chi connectivity index (χ2n) is 3.84. The number of carboxylic acids is 1. The molecule has 4 heteroatoms. The van der Waals surface area contributed by atoms with Crippen LogP contribution in [0.1, 0.15) is 38.5 Å². The van der Waals surface area contributed by atoms with Crippen LogP contribution >= 0.6 is 0 Å². The highest BCUT2D eigenvalue weighted by molar-refractivity contribution is 5.67. The molecule has 0 heterocycles. The molecule has 0 spiro atoms. The van der Waals surface area contributed by atoms with Gasteiger partial charge in [-0.3, -0.25) is 4.79 Å². The Labute approximate surface area is 79.1 Å². The molecule has 13 heavy (non-hydrogen) atoms. The quantitative estimate of drug-likeness (QED) is 0.625. The maximum absolute atomic E-state index is 10.6. The lowest BCUT2D eigenvalue weighted by molar-refractivity contribution is -0.140. The van der Waals surface area contributed by atoms with Crippen LogP contribution in [-0.2, 0) is 4.79 Å². The van der Waals surface area contributed by atoms with Crippen LogP contribution < -0.4 is 11.9 Å². The average Bonchev–Trinajstić information content (AvgIpc) is 2.05. The highest BCUT2D eigenvalue weighted by atomic mass is 16.4. The molecule has 78 valence electrons. The van der Waals surface area contributed by atoms with E-state index in [4.69, 9.17) is 10.8 Å². The average molecular weight is 188 g/mol. The van der Waals surface area contributed by atoms with E-state index < -0.39 is 5.97 Å². The second-order valence-corrected chi connectivity index (χ2v) is 3.84. The second kappa shape index (κ2) is 5.19. The Bertz CT molecular complexity index is 165. The highest BCUT2D eigenvalue weighted by Crippen LogP contribution is 2.38. The first-order valence-electron chi connectivity index (χ1n) is 4.60. The molecule has 0 amide bonds. The monoisotopic (exact) mass is 188 g/mol. The molecule has 1 fully saturated rings. The van der Waals surface area contributed by atoms with Crippen molar-refractivity contribution in [1.29, 1.82) is 0 Å². The third-order valence-electron chi connectivity index (χ3n) is 2.87. The van der Waals surface area contributed by atoms with Crippen LogP contribution in [0.4, 0.5) is 0 Å². The van der Waals surface area contributed by atoms with Crippen LogP contribution in [0.15, 0.2) is 0 Å². The summed E-state index contributed by atoms with van der Waals surface area (Å²) in [6, 6.07) is 0. The minimum Gasteiger partial charge on any atom is -0.481 e. The number of hydrogen-bond donors (Lipinski definition) is 3. The van der Waals surface area contributed by atoms with Crippen LogP contribution in [-0.4, -0.2) is 17.6 Å². The lowest BCUT2D eigenvalue weighted by Gasteiger charge is -2.34. The number of nitrogens with two attached hydrogens (primary N) is 1. The zero-order chi connectivity index (χ0) is 9.03. The van der Waals surface area contributed by atoms with Gasteiger partial charge in [-0.05, 0) is 24.8 Å². The van der Waals surface area contributed by atoms with Gasteiger partial charge in [-0.15, -0.1) is 0 Å². The number of hydrogen-bond acceptors (Lipinski definition) is 3. The van der Waals surface area contributed by atoms with Gasteiger partial charge < -0.3 is 17.0 Å². The van der Waals surface area contributed by atoms with Gasteiger partial charge in [0.05, 0.1) is 6.42 Å². The standard InChI is InChI=1S/C9H17NO2.H3N/c10-7-9(6-8(11)12)4-2-1-3-5-9;/h1-7,10H2,(H,11,12);1H3. The number of rotatable bonds is 3. The fourth-order valence-electron chi connectivity index (χ4n) is 2.08. The van der Waals surface area contributed by atoms with Crippen LogP contribution in [0.3, 0.4) is 0 Å². The van der Waals surface area contributed by atoms with Gasteiger partial charge in [0.15, 0.2) is 0 Å². The van der Waals surface area contributed by atoms with E-state index in [1.165, 1.54) is 6.42 Å². The summed E-state index contributed by atoms with van der Waals surface area (Å²) in [5.41, 5.74) is 5.54. The third kappa shape index (κ3) is 3.32. The molecule has 0 bridgehead atoms. The third-order valence-corrected chi connectivity index (χ3v) is 2.87. The van der Waals surface area contributed by atoms with Crippen molar-refractivity contribution in [2.24, 2.45) is 11.1 Å². The molecule has 0 unspecified atom stereocenters.